The average molecular weight is 601 g/mol. The predicted octanol–water partition coefficient (Wildman–Crippen LogP) is 5.08. The van der Waals surface area contributed by atoms with Gasteiger partial charge in [0.25, 0.3) is 0 Å². The van der Waals surface area contributed by atoms with Gasteiger partial charge in [0.15, 0.2) is 0 Å². The summed E-state index contributed by atoms with van der Waals surface area (Å²) < 4.78 is 30.0. The number of epoxide rings is 1. The van der Waals surface area contributed by atoms with Crippen LogP contribution in [-0.4, -0.2) is 59.5 Å². The second-order valence-corrected chi connectivity index (χ2v) is 15.8. The number of cyclic esters (lactones) is 2. The van der Waals surface area contributed by atoms with Crippen molar-refractivity contribution in [3.05, 3.63) is 11.6 Å². The summed E-state index contributed by atoms with van der Waals surface area (Å²) in [5.74, 6) is -1.81. The van der Waals surface area contributed by atoms with E-state index in [2.05, 4.69) is 26.8 Å². The monoisotopic (exact) mass is 600 g/mol. The summed E-state index contributed by atoms with van der Waals surface area (Å²) in [4.78, 5) is 51.5. The van der Waals surface area contributed by atoms with Crippen molar-refractivity contribution in [1.29, 1.82) is 0 Å². The topological polar surface area (TPSA) is 118 Å². The van der Waals surface area contributed by atoms with Gasteiger partial charge in [0.2, 0.25) is 0 Å². The highest BCUT2D eigenvalue weighted by Crippen LogP contribution is 2.73. The van der Waals surface area contributed by atoms with Crippen LogP contribution in [0, 0.1) is 39.9 Å². The third-order valence-electron chi connectivity index (χ3n) is 12.7. The molecule has 3 saturated heterocycles. The zero-order valence-corrected chi connectivity index (χ0v) is 27.1. The van der Waals surface area contributed by atoms with E-state index in [1.54, 1.807) is 0 Å². The molecule has 2 saturated carbocycles. The number of carbonyl (C=O) groups excluding carboxylic acids is 4. The summed E-state index contributed by atoms with van der Waals surface area (Å²) in [5.41, 5.74) is -1.48. The molecule has 0 radical (unpaired) electrons. The van der Waals surface area contributed by atoms with Gasteiger partial charge in [-0.05, 0) is 70.6 Å². The van der Waals surface area contributed by atoms with Gasteiger partial charge in [0, 0.05) is 37.0 Å². The Balaban J connectivity index is 1.41. The molecule has 0 spiro atoms. The Kier molecular flexibility index (Phi) is 6.79. The molecule has 0 unspecified atom stereocenters. The van der Waals surface area contributed by atoms with E-state index in [1.807, 2.05) is 27.7 Å². The fraction of sp³-hybridized carbons (Fsp3) is 0.824. The number of allylic oxidation sites excluding steroid dienone is 1. The SMILES string of the molecule is CC(=O)O[C@H]1CC(=O)OC(C)(C)[C@@H]2C[C@@H](OC(C)=O)[C@@]3(C)C4=CC[C@@H]([C@H]5C[C@@H]([C@@H]6OC6(C)C)OC5=O)[C@]4(C)CC[C@@H]3[C@@]12C. The Labute approximate surface area is 254 Å². The highest BCUT2D eigenvalue weighted by Gasteiger charge is 2.72. The molecular formula is C34H48O9. The smallest absolute Gasteiger partial charge is 0.310 e. The van der Waals surface area contributed by atoms with Crippen LogP contribution in [0.1, 0.15) is 101 Å². The van der Waals surface area contributed by atoms with Crippen LogP contribution in [-0.2, 0) is 42.9 Å². The molecule has 5 fully saturated rings. The van der Waals surface area contributed by atoms with Gasteiger partial charge in [-0.1, -0.05) is 32.4 Å². The van der Waals surface area contributed by atoms with Gasteiger partial charge in [0.05, 0.1) is 17.9 Å². The van der Waals surface area contributed by atoms with Gasteiger partial charge < -0.3 is 23.7 Å². The zero-order chi connectivity index (χ0) is 31.5. The molecule has 3 aliphatic carbocycles. The molecule has 9 heteroatoms. The first-order valence-electron chi connectivity index (χ1n) is 16.0. The highest BCUT2D eigenvalue weighted by molar-refractivity contribution is 5.76. The Morgan fingerprint density at radius 3 is 2.12 bits per heavy atom. The van der Waals surface area contributed by atoms with Crippen LogP contribution in [0.2, 0.25) is 0 Å². The van der Waals surface area contributed by atoms with E-state index in [-0.39, 0.29) is 65.3 Å². The van der Waals surface area contributed by atoms with Crippen molar-refractivity contribution >= 4 is 23.9 Å². The average Bonchev–Trinajstić information content (AvgIpc) is 3.18. The van der Waals surface area contributed by atoms with Crippen molar-refractivity contribution in [3.63, 3.8) is 0 Å². The molecule has 0 amide bonds. The van der Waals surface area contributed by atoms with Gasteiger partial charge in [-0.25, -0.2) is 0 Å². The molecule has 0 aromatic heterocycles. The molecule has 6 aliphatic rings. The lowest BCUT2D eigenvalue weighted by molar-refractivity contribution is -0.227. The fourth-order valence-corrected chi connectivity index (χ4v) is 10.9. The normalized spacial score (nSPS) is 47.5. The predicted molar refractivity (Wildman–Crippen MR) is 154 cm³/mol. The van der Waals surface area contributed by atoms with Crippen molar-refractivity contribution in [2.75, 3.05) is 0 Å². The van der Waals surface area contributed by atoms with E-state index in [0.717, 1.165) is 19.3 Å². The minimum Gasteiger partial charge on any atom is -0.462 e. The summed E-state index contributed by atoms with van der Waals surface area (Å²) in [6, 6.07) is 0. The van der Waals surface area contributed by atoms with Crippen LogP contribution in [0.4, 0.5) is 0 Å². The first kappa shape index (κ1) is 30.6. The minimum absolute atomic E-state index is 0.0192. The van der Waals surface area contributed by atoms with Gasteiger partial charge in [0.1, 0.15) is 30.0 Å². The Hall–Kier alpha value is -2.42. The molecule has 238 valence electrons. The second-order valence-electron chi connectivity index (χ2n) is 15.8. The molecule has 0 bridgehead atoms. The third-order valence-corrected chi connectivity index (χ3v) is 12.7. The maximum atomic E-state index is 13.4. The van der Waals surface area contributed by atoms with Crippen LogP contribution in [0.5, 0.6) is 0 Å². The maximum Gasteiger partial charge on any atom is 0.310 e. The van der Waals surface area contributed by atoms with E-state index in [4.69, 9.17) is 23.7 Å². The summed E-state index contributed by atoms with van der Waals surface area (Å²) in [6.07, 6.45) is 4.24. The lowest BCUT2D eigenvalue weighted by atomic mass is 9.39. The van der Waals surface area contributed by atoms with E-state index in [9.17, 15) is 19.2 Å². The van der Waals surface area contributed by atoms with Gasteiger partial charge in [-0.2, -0.15) is 0 Å². The third kappa shape index (κ3) is 4.41. The molecule has 0 aromatic rings. The summed E-state index contributed by atoms with van der Waals surface area (Å²) in [7, 11) is 0. The molecule has 3 aliphatic heterocycles. The molecule has 0 N–H and O–H groups in total. The van der Waals surface area contributed by atoms with Gasteiger partial charge in [-0.15, -0.1) is 0 Å². The van der Waals surface area contributed by atoms with Crippen molar-refractivity contribution < 1.29 is 42.9 Å². The van der Waals surface area contributed by atoms with Crippen molar-refractivity contribution in [2.45, 2.75) is 136 Å². The van der Waals surface area contributed by atoms with Crippen molar-refractivity contribution in [1.82, 2.24) is 0 Å². The van der Waals surface area contributed by atoms with E-state index >= 15 is 0 Å². The fourth-order valence-electron chi connectivity index (χ4n) is 10.9. The number of carbonyl (C=O) groups is 4. The van der Waals surface area contributed by atoms with Crippen LogP contribution in [0.25, 0.3) is 0 Å². The molecule has 9 nitrogen and oxygen atoms in total. The molecule has 11 atom stereocenters. The lowest BCUT2D eigenvalue weighted by Gasteiger charge is -2.66. The van der Waals surface area contributed by atoms with Gasteiger partial charge in [-0.3, -0.25) is 19.2 Å². The number of esters is 4. The Bertz CT molecular complexity index is 1280. The van der Waals surface area contributed by atoms with Crippen LogP contribution in [0.3, 0.4) is 0 Å². The Morgan fingerprint density at radius 1 is 0.884 bits per heavy atom. The first-order chi connectivity index (χ1) is 19.9. The number of hydrogen-bond acceptors (Lipinski definition) is 9. The number of rotatable bonds is 4. The molecule has 6 rings (SSSR count). The van der Waals surface area contributed by atoms with E-state index < -0.39 is 40.6 Å². The second kappa shape index (κ2) is 9.54. The minimum atomic E-state index is -0.866. The van der Waals surface area contributed by atoms with Crippen molar-refractivity contribution in [3.8, 4) is 0 Å². The lowest BCUT2D eigenvalue weighted by Crippen LogP contribution is -2.67. The van der Waals surface area contributed by atoms with Crippen LogP contribution >= 0.6 is 0 Å². The van der Waals surface area contributed by atoms with Gasteiger partial charge >= 0.3 is 23.9 Å². The quantitative estimate of drug-likeness (QED) is 0.188. The largest absolute Gasteiger partial charge is 0.462 e. The summed E-state index contributed by atoms with van der Waals surface area (Å²) in [6.45, 7) is 17.3. The number of hydrogen-bond donors (Lipinski definition) is 0. The molecule has 43 heavy (non-hydrogen) atoms. The van der Waals surface area contributed by atoms with E-state index in [1.165, 1.54) is 19.4 Å². The zero-order valence-electron chi connectivity index (χ0n) is 27.1. The molecular weight excluding hydrogens is 552 g/mol. The number of ether oxygens (including phenoxy) is 5. The maximum absolute atomic E-state index is 13.4. The van der Waals surface area contributed by atoms with Crippen LogP contribution in [0.15, 0.2) is 11.6 Å². The van der Waals surface area contributed by atoms with Crippen LogP contribution < -0.4 is 0 Å². The van der Waals surface area contributed by atoms with Crippen molar-refractivity contribution in [2.24, 2.45) is 39.9 Å². The van der Waals surface area contributed by atoms with E-state index in [0.29, 0.717) is 12.8 Å². The highest BCUT2D eigenvalue weighted by atomic mass is 16.6. The standard InChI is InChI=1S/C34H48O9/c1-17(35)39-25-15-24-30(3,4)42-27(37)16-26(40-18(2)36)34(24,9)23-12-13-32(7)20(10-11-22(32)33(23,25)8)19-14-21(41-29(19)38)28-31(5,6)43-28/h11,19-21,23-26,28H,10,12-16H2,1-9H3/t19-,20+,21+,23+,24+,25-,26+,28+,32+,33+,34-/m1/s1. The summed E-state index contributed by atoms with van der Waals surface area (Å²) in [5, 5.41) is 0. The molecule has 0 aromatic carbocycles. The first-order valence-corrected chi connectivity index (χ1v) is 16.0. The summed E-state index contributed by atoms with van der Waals surface area (Å²) >= 11 is 0. The Morgan fingerprint density at radius 2 is 1.51 bits per heavy atom. The molecule has 3 heterocycles. The number of fused-ring (bicyclic) bond motifs is 5.